The number of carbonyl (C=O) groups is 4. The predicted octanol–water partition coefficient (Wildman–Crippen LogP) is 4.77. The Morgan fingerprint density at radius 3 is 1.98 bits per heavy atom. The first kappa shape index (κ1) is 29.1. The Morgan fingerprint density at radius 2 is 1.42 bits per heavy atom. The maximum Gasteiger partial charge on any atom is 0.414 e. The number of aliphatic carboxylic acids is 1. The van der Waals surface area contributed by atoms with Crippen molar-refractivity contribution in [1.29, 1.82) is 0 Å². The van der Waals surface area contributed by atoms with E-state index in [0.29, 0.717) is 0 Å². The van der Waals surface area contributed by atoms with Crippen LogP contribution in [0.2, 0.25) is 0 Å². The van der Waals surface area contributed by atoms with E-state index in [2.05, 4.69) is 0 Å². The lowest BCUT2D eigenvalue weighted by Crippen LogP contribution is -2.55. The number of rotatable bonds is 11. The van der Waals surface area contributed by atoms with E-state index in [1.807, 2.05) is 66.7 Å². The van der Waals surface area contributed by atoms with Crippen LogP contribution in [0.25, 0.3) is 0 Å². The van der Waals surface area contributed by atoms with Gasteiger partial charge in [-0.1, -0.05) is 97.1 Å². The number of carboxylic acid groups (broad SMARTS) is 1. The number of hydrogen-bond acceptors (Lipinski definition) is 7. The Morgan fingerprint density at radius 1 is 0.860 bits per heavy atom. The standard InChI is InChI=1S/C33H30N2O8/c36-27-19-28-35(27)29(32(39)41-21-24-13-6-2-7-14-24)30(43-28)26(31(37)38)17-10-18-34(20-23-11-4-1-5-12-23)33(40)42-22-25-15-8-3-9-16-25/h1-16,18,28-29H,17,19-22H2,(H,37,38)/t28-,29?/m1/s1. The number of hydrogen-bond donors (Lipinski definition) is 1. The van der Waals surface area contributed by atoms with Crippen molar-refractivity contribution in [1.82, 2.24) is 9.80 Å². The van der Waals surface area contributed by atoms with Crippen molar-refractivity contribution in [2.24, 2.45) is 0 Å². The summed E-state index contributed by atoms with van der Waals surface area (Å²) in [5.74, 6) is -2.59. The van der Waals surface area contributed by atoms with Crippen LogP contribution in [0.3, 0.4) is 0 Å². The van der Waals surface area contributed by atoms with E-state index < -0.39 is 30.3 Å². The van der Waals surface area contributed by atoms with Gasteiger partial charge in [-0.2, -0.15) is 0 Å². The van der Waals surface area contributed by atoms with Crippen LogP contribution in [-0.4, -0.2) is 51.1 Å². The highest BCUT2D eigenvalue weighted by Gasteiger charge is 2.55. The monoisotopic (exact) mass is 582 g/mol. The molecule has 2 saturated heterocycles. The van der Waals surface area contributed by atoms with Crippen LogP contribution in [0, 0.1) is 0 Å². The third kappa shape index (κ3) is 7.10. The van der Waals surface area contributed by atoms with Gasteiger partial charge in [-0.25, -0.2) is 14.4 Å². The van der Waals surface area contributed by atoms with Crippen LogP contribution in [0.1, 0.15) is 29.5 Å². The Balaban J connectivity index is 1.34. The minimum absolute atomic E-state index is 0.0345. The summed E-state index contributed by atoms with van der Waals surface area (Å²) in [5.41, 5.74) is 2.17. The van der Waals surface area contributed by atoms with Crippen molar-refractivity contribution in [3.8, 4) is 0 Å². The predicted molar refractivity (Wildman–Crippen MR) is 153 cm³/mol. The summed E-state index contributed by atoms with van der Waals surface area (Å²) in [6.07, 6.45) is 1.41. The number of allylic oxidation sites excluding steroid dienone is 1. The van der Waals surface area contributed by atoms with Crippen molar-refractivity contribution in [2.45, 2.75) is 44.9 Å². The first-order valence-electron chi connectivity index (χ1n) is 13.7. The number of esters is 1. The van der Waals surface area contributed by atoms with Gasteiger partial charge < -0.3 is 19.3 Å². The first-order valence-corrected chi connectivity index (χ1v) is 13.7. The molecule has 2 atom stereocenters. The van der Waals surface area contributed by atoms with E-state index in [1.54, 1.807) is 24.3 Å². The molecule has 0 radical (unpaired) electrons. The maximum atomic E-state index is 13.1. The van der Waals surface area contributed by atoms with Crippen LogP contribution >= 0.6 is 0 Å². The Bertz CT molecular complexity index is 1520. The molecule has 3 aromatic carbocycles. The summed E-state index contributed by atoms with van der Waals surface area (Å²) in [6.45, 7) is 0.201. The lowest BCUT2D eigenvalue weighted by atomic mass is 10.0. The molecule has 5 rings (SSSR count). The molecule has 1 N–H and O–H groups in total. The molecule has 2 amide bonds. The number of carboxylic acids is 1. The van der Waals surface area contributed by atoms with E-state index >= 15 is 0 Å². The summed E-state index contributed by atoms with van der Waals surface area (Å²) < 4.78 is 16.7. The second kappa shape index (κ2) is 13.5. The minimum atomic E-state index is -1.32. The number of fused-ring (bicyclic) bond motifs is 1. The fourth-order valence-electron chi connectivity index (χ4n) is 4.76. The topological polar surface area (TPSA) is 123 Å². The zero-order valence-corrected chi connectivity index (χ0v) is 23.2. The van der Waals surface area contributed by atoms with Gasteiger partial charge in [-0.05, 0) is 16.7 Å². The SMILES string of the molecule is O=C(O)C(CC=CN(Cc1ccccc1)C(=O)OCc1ccccc1)=C1O[C@@H]2CC(=O)N2C1C(=O)OCc1ccccc1. The number of ether oxygens (including phenoxy) is 3. The van der Waals surface area contributed by atoms with Gasteiger partial charge >= 0.3 is 18.0 Å². The molecule has 1 unspecified atom stereocenters. The van der Waals surface area contributed by atoms with E-state index in [1.165, 1.54) is 22.1 Å². The highest BCUT2D eigenvalue weighted by molar-refractivity contribution is 5.95. The number of amides is 2. The Labute approximate surface area is 248 Å². The molecular weight excluding hydrogens is 552 g/mol. The molecule has 0 aliphatic carbocycles. The quantitative estimate of drug-likeness (QED) is 0.195. The number of carbonyl (C=O) groups excluding carboxylic acids is 3. The van der Waals surface area contributed by atoms with Gasteiger partial charge in [0.1, 0.15) is 19.0 Å². The smallest absolute Gasteiger partial charge is 0.414 e. The van der Waals surface area contributed by atoms with Crippen molar-refractivity contribution >= 4 is 23.9 Å². The number of nitrogens with zero attached hydrogens (tertiary/aromatic N) is 2. The molecule has 10 heteroatoms. The maximum absolute atomic E-state index is 13.1. The largest absolute Gasteiger partial charge is 0.478 e. The van der Waals surface area contributed by atoms with Crippen LogP contribution < -0.4 is 0 Å². The summed E-state index contributed by atoms with van der Waals surface area (Å²) in [4.78, 5) is 53.5. The molecule has 2 heterocycles. The minimum Gasteiger partial charge on any atom is -0.478 e. The molecule has 43 heavy (non-hydrogen) atoms. The second-order valence-corrected chi connectivity index (χ2v) is 9.96. The molecule has 0 bridgehead atoms. The van der Waals surface area contributed by atoms with E-state index in [-0.39, 0.29) is 49.8 Å². The number of β-lactam (4-membered cyclic amide) rings is 1. The highest BCUT2D eigenvalue weighted by atomic mass is 16.6. The van der Waals surface area contributed by atoms with Crippen LogP contribution in [0.15, 0.2) is 115 Å². The van der Waals surface area contributed by atoms with Crippen LogP contribution in [0.5, 0.6) is 0 Å². The summed E-state index contributed by atoms with van der Waals surface area (Å²) in [6, 6.07) is 26.2. The van der Waals surface area contributed by atoms with Gasteiger partial charge in [0.2, 0.25) is 5.91 Å². The van der Waals surface area contributed by atoms with Crippen molar-refractivity contribution in [3.05, 3.63) is 131 Å². The fourth-order valence-corrected chi connectivity index (χ4v) is 4.76. The van der Waals surface area contributed by atoms with E-state index in [0.717, 1.165) is 16.7 Å². The molecule has 0 spiro atoms. The van der Waals surface area contributed by atoms with Crippen molar-refractivity contribution in [2.75, 3.05) is 0 Å². The van der Waals surface area contributed by atoms with Gasteiger partial charge in [0.15, 0.2) is 12.3 Å². The lowest BCUT2D eigenvalue weighted by molar-refractivity contribution is -0.166. The average Bonchev–Trinajstić information content (AvgIpc) is 3.33. The summed E-state index contributed by atoms with van der Waals surface area (Å²) in [5, 5.41) is 10.1. The van der Waals surface area contributed by atoms with Crippen LogP contribution in [-0.2, 0) is 48.4 Å². The first-order chi connectivity index (χ1) is 20.9. The normalized spacial score (nSPS) is 18.3. The third-order valence-electron chi connectivity index (χ3n) is 6.98. The van der Waals surface area contributed by atoms with Gasteiger partial charge in [0, 0.05) is 12.6 Å². The lowest BCUT2D eigenvalue weighted by Gasteiger charge is -2.33. The van der Waals surface area contributed by atoms with Crippen molar-refractivity contribution < 1.29 is 38.5 Å². The molecule has 0 saturated carbocycles. The van der Waals surface area contributed by atoms with E-state index in [4.69, 9.17) is 14.2 Å². The second-order valence-electron chi connectivity index (χ2n) is 9.96. The molecule has 2 fully saturated rings. The fraction of sp³-hybridized carbons (Fsp3) is 0.212. The van der Waals surface area contributed by atoms with Gasteiger partial charge in [0.05, 0.1) is 18.5 Å². The Hall–Kier alpha value is -5.38. The molecule has 220 valence electrons. The van der Waals surface area contributed by atoms with Gasteiger partial charge in [-0.3, -0.25) is 14.6 Å². The van der Waals surface area contributed by atoms with Crippen molar-refractivity contribution in [3.63, 3.8) is 0 Å². The van der Waals surface area contributed by atoms with Gasteiger partial charge in [0.25, 0.3) is 0 Å². The summed E-state index contributed by atoms with van der Waals surface area (Å²) in [7, 11) is 0. The molecular formula is C33H30N2O8. The van der Waals surface area contributed by atoms with Gasteiger partial charge in [-0.15, -0.1) is 0 Å². The summed E-state index contributed by atoms with van der Waals surface area (Å²) >= 11 is 0. The van der Waals surface area contributed by atoms with Crippen LogP contribution in [0.4, 0.5) is 4.79 Å². The zero-order valence-electron chi connectivity index (χ0n) is 23.2. The van der Waals surface area contributed by atoms with E-state index in [9.17, 15) is 24.3 Å². The Kier molecular flexibility index (Phi) is 9.16. The third-order valence-corrected chi connectivity index (χ3v) is 6.98. The molecule has 3 aromatic rings. The molecule has 10 nitrogen and oxygen atoms in total. The average molecular weight is 583 g/mol. The molecule has 2 aliphatic rings. The highest BCUT2D eigenvalue weighted by Crippen LogP contribution is 2.39. The molecule has 0 aromatic heterocycles. The zero-order chi connectivity index (χ0) is 30.2. The number of benzene rings is 3. The molecule has 2 aliphatic heterocycles.